The maximum absolute atomic E-state index is 12.8. The quantitative estimate of drug-likeness (QED) is 0.704. The minimum atomic E-state index is -0.302. The summed E-state index contributed by atoms with van der Waals surface area (Å²) in [5.41, 5.74) is 1.58. The zero-order chi connectivity index (χ0) is 18.4. The molecule has 1 N–H and O–H groups in total. The number of halogens is 1. The predicted molar refractivity (Wildman–Crippen MR) is 92.9 cm³/mol. The van der Waals surface area contributed by atoms with Crippen LogP contribution in [0.1, 0.15) is 17.9 Å². The van der Waals surface area contributed by atoms with Crippen molar-refractivity contribution < 1.29 is 18.3 Å². The Kier molecular flexibility index (Phi) is 5.58. The second-order valence-corrected chi connectivity index (χ2v) is 5.64. The fourth-order valence-corrected chi connectivity index (χ4v) is 2.34. The minimum absolute atomic E-state index is 0.143. The molecular weight excluding hydrogens is 337 g/mol. The number of hydrogen-bond donors (Lipinski definition) is 1. The highest BCUT2D eigenvalue weighted by Crippen LogP contribution is 2.22. The first-order valence-corrected chi connectivity index (χ1v) is 8.12. The monoisotopic (exact) mass is 355 g/mol. The van der Waals surface area contributed by atoms with E-state index in [1.165, 1.54) is 12.1 Å². The summed E-state index contributed by atoms with van der Waals surface area (Å²) in [6.45, 7) is 0.345. The fourth-order valence-electron chi connectivity index (χ4n) is 2.34. The molecule has 1 aromatic heterocycles. The maximum Gasteiger partial charge on any atom is 0.247 e. The lowest BCUT2D eigenvalue weighted by Crippen LogP contribution is -2.23. The predicted octanol–water partition coefficient (Wildman–Crippen LogP) is 3.13. The van der Waals surface area contributed by atoms with E-state index in [1.54, 1.807) is 25.3 Å². The molecule has 7 heteroatoms. The van der Waals surface area contributed by atoms with E-state index in [9.17, 15) is 9.18 Å². The van der Waals surface area contributed by atoms with Gasteiger partial charge in [-0.05, 0) is 35.9 Å². The number of amides is 1. The Morgan fingerprint density at radius 2 is 2.00 bits per heavy atom. The van der Waals surface area contributed by atoms with Crippen LogP contribution in [0.2, 0.25) is 0 Å². The molecule has 1 heterocycles. The molecule has 0 saturated carbocycles. The number of aromatic nitrogens is 2. The lowest BCUT2D eigenvalue weighted by Gasteiger charge is -2.04. The number of hydrogen-bond acceptors (Lipinski definition) is 5. The first kappa shape index (κ1) is 17.6. The first-order chi connectivity index (χ1) is 12.6. The van der Waals surface area contributed by atoms with Crippen LogP contribution in [-0.2, 0) is 17.8 Å². The molecule has 3 aromatic rings. The molecule has 0 aliphatic rings. The zero-order valence-electron chi connectivity index (χ0n) is 14.2. The fraction of sp³-hybridized carbons (Fsp3) is 0.211. The number of rotatable bonds is 7. The summed E-state index contributed by atoms with van der Waals surface area (Å²) in [7, 11) is 1.59. The van der Waals surface area contributed by atoms with Crippen LogP contribution in [0.4, 0.5) is 4.39 Å². The highest BCUT2D eigenvalue weighted by Gasteiger charge is 2.11. The molecule has 1 amide bonds. The van der Waals surface area contributed by atoms with Gasteiger partial charge in [-0.25, -0.2) is 4.39 Å². The summed E-state index contributed by atoms with van der Waals surface area (Å²) < 4.78 is 23.6. The molecule has 3 rings (SSSR count). The SMILES string of the molecule is COc1cccc(-c2nnc(CCC(=O)NCc3ccc(F)cc3)o2)c1. The van der Waals surface area contributed by atoms with Gasteiger partial charge >= 0.3 is 0 Å². The number of nitrogens with zero attached hydrogens (tertiary/aromatic N) is 2. The largest absolute Gasteiger partial charge is 0.497 e. The van der Waals surface area contributed by atoms with E-state index in [-0.39, 0.29) is 18.1 Å². The van der Waals surface area contributed by atoms with Crippen molar-refractivity contribution >= 4 is 5.91 Å². The first-order valence-electron chi connectivity index (χ1n) is 8.12. The van der Waals surface area contributed by atoms with Gasteiger partial charge in [0.25, 0.3) is 0 Å². The zero-order valence-corrected chi connectivity index (χ0v) is 14.2. The summed E-state index contributed by atoms with van der Waals surface area (Å²) in [6.07, 6.45) is 0.563. The number of nitrogens with one attached hydrogen (secondary N) is 1. The van der Waals surface area contributed by atoms with Crippen molar-refractivity contribution in [2.24, 2.45) is 0 Å². The summed E-state index contributed by atoms with van der Waals surface area (Å²) in [5.74, 6) is 1.02. The van der Waals surface area contributed by atoms with E-state index >= 15 is 0 Å². The van der Waals surface area contributed by atoms with E-state index in [2.05, 4.69) is 15.5 Å². The van der Waals surface area contributed by atoms with Gasteiger partial charge in [-0.2, -0.15) is 0 Å². The lowest BCUT2D eigenvalue weighted by molar-refractivity contribution is -0.121. The van der Waals surface area contributed by atoms with Gasteiger partial charge in [-0.1, -0.05) is 18.2 Å². The molecule has 0 aliphatic heterocycles. The summed E-state index contributed by atoms with van der Waals surface area (Å²) >= 11 is 0. The molecule has 0 aliphatic carbocycles. The molecule has 6 nitrogen and oxygen atoms in total. The second kappa shape index (κ2) is 8.24. The van der Waals surface area contributed by atoms with Crippen molar-refractivity contribution in [1.82, 2.24) is 15.5 Å². The summed E-state index contributed by atoms with van der Waals surface area (Å²) in [5, 5.41) is 10.7. The highest BCUT2D eigenvalue weighted by atomic mass is 19.1. The number of benzene rings is 2. The molecular formula is C19H18FN3O3. The third kappa shape index (κ3) is 4.66. The van der Waals surface area contributed by atoms with Crippen molar-refractivity contribution in [3.05, 3.63) is 65.8 Å². The number of carbonyl (C=O) groups excluding carboxylic acids is 1. The Bertz CT molecular complexity index is 878. The van der Waals surface area contributed by atoms with E-state index < -0.39 is 0 Å². The number of ether oxygens (including phenoxy) is 1. The van der Waals surface area contributed by atoms with Crippen molar-refractivity contribution in [2.45, 2.75) is 19.4 Å². The van der Waals surface area contributed by atoms with Gasteiger partial charge in [-0.3, -0.25) is 4.79 Å². The van der Waals surface area contributed by atoms with Crippen LogP contribution in [0.3, 0.4) is 0 Å². The molecule has 0 fully saturated rings. The summed E-state index contributed by atoms with van der Waals surface area (Å²) in [6, 6.07) is 13.3. The standard InChI is InChI=1S/C19H18FN3O3/c1-25-16-4-2-3-14(11-16)19-23-22-18(26-19)10-9-17(24)21-12-13-5-7-15(20)8-6-13/h2-8,11H,9-10,12H2,1H3,(H,21,24). The van der Waals surface area contributed by atoms with Crippen LogP contribution >= 0.6 is 0 Å². The van der Waals surface area contributed by atoms with Gasteiger partial charge in [0.05, 0.1) is 7.11 Å². The van der Waals surface area contributed by atoms with Crippen LogP contribution < -0.4 is 10.1 Å². The van der Waals surface area contributed by atoms with E-state index in [1.807, 2.05) is 18.2 Å². The van der Waals surface area contributed by atoms with Crippen molar-refractivity contribution in [3.63, 3.8) is 0 Å². The smallest absolute Gasteiger partial charge is 0.247 e. The Hall–Kier alpha value is -3.22. The molecule has 0 atom stereocenters. The molecule has 0 bridgehead atoms. The Balaban J connectivity index is 1.51. The number of carbonyl (C=O) groups is 1. The maximum atomic E-state index is 12.8. The van der Waals surface area contributed by atoms with Gasteiger partial charge < -0.3 is 14.5 Å². The second-order valence-electron chi connectivity index (χ2n) is 5.64. The van der Waals surface area contributed by atoms with Crippen LogP contribution in [-0.4, -0.2) is 23.2 Å². The van der Waals surface area contributed by atoms with Crippen LogP contribution in [0.25, 0.3) is 11.5 Å². The van der Waals surface area contributed by atoms with Gasteiger partial charge in [0, 0.05) is 24.9 Å². The molecule has 2 aromatic carbocycles. The average Bonchev–Trinajstić information content (AvgIpc) is 3.15. The third-order valence-corrected chi connectivity index (χ3v) is 3.75. The normalized spacial score (nSPS) is 10.5. The molecule has 0 radical (unpaired) electrons. The molecule has 26 heavy (non-hydrogen) atoms. The van der Waals surface area contributed by atoms with Gasteiger partial charge in [0.1, 0.15) is 11.6 Å². The molecule has 0 saturated heterocycles. The van der Waals surface area contributed by atoms with E-state index in [0.717, 1.165) is 11.1 Å². The van der Waals surface area contributed by atoms with E-state index in [4.69, 9.17) is 9.15 Å². The molecule has 0 spiro atoms. The average molecular weight is 355 g/mol. The Morgan fingerprint density at radius 1 is 1.19 bits per heavy atom. The van der Waals surface area contributed by atoms with Gasteiger partial charge in [0.15, 0.2) is 0 Å². The number of methoxy groups -OCH3 is 1. The van der Waals surface area contributed by atoms with Crippen LogP contribution in [0, 0.1) is 5.82 Å². The van der Waals surface area contributed by atoms with Crippen molar-refractivity contribution in [1.29, 1.82) is 0 Å². The lowest BCUT2D eigenvalue weighted by atomic mass is 10.2. The highest BCUT2D eigenvalue weighted by molar-refractivity contribution is 5.76. The Morgan fingerprint density at radius 3 is 2.77 bits per heavy atom. The van der Waals surface area contributed by atoms with Crippen LogP contribution in [0.15, 0.2) is 52.9 Å². The Labute approximate surface area is 150 Å². The minimum Gasteiger partial charge on any atom is -0.497 e. The van der Waals surface area contributed by atoms with Crippen molar-refractivity contribution in [3.8, 4) is 17.2 Å². The molecule has 0 unspecified atom stereocenters. The van der Waals surface area contributed by atoms with Gasteiger partial charge in [-0.15, -0.1) is 10.2 Å². The molecule has 134 valence electrons. The third-order valence-electron chi connectivity index (χ3n) is 3.75. The van der Waals surface area contributed by atoms with Crippen molar-refractivity contribution in [2.75, 3.05) is 7.11 Å². The number of aryl methyl sites for hydroxylation is 1. The topological polar surface area (TPSA) is 77.2 Å². The summed E-state index contributed by atoms with van der Waals surface area (Å²) in [4.78, 5) is 11.9. The van der Waals surface area contributed by atoms with Crippen LogP contribution in [0.5, 0.6) is 5.75 Å². The van der Waals surface area contributed by atoms with E-state index in [0.29, 0.717) is 30.5 Å². The van der Waals surface area contributed by atoms with Gasteiger partial charge in [0.2, 0.25) is 17.7 Å².